The summed E-state index contributed by atoms with van der Waals surface area (Å²) in [7, 11) is 0. The average molecular weight is 178 g/mol. The van der Waals surface area contributed by atoms with Crippen molar-refractivity contribution >= 4 is 6.21 Å². The molecule has 1 heterocycles. The van der Waals surface area contributed by atoms with Crippen molar-refractivity contribution in [3.8, 4) is 0 Å². The Bertz CT molecular complexity index is 295. The van der Waals surface area contributed by atoms with Gasteiger partial charge in [0.1, 0.15) is 6.10 Å². The van der Waals surface area contributed by atoms with Gasteiger partial charge in [0.25, 0.3) is 0 Å². The van der Waals surface area contributed by atoms with Crippen LogP contribution in [0.1, 0.15) is 25.2 Å². The first-order valence-corrected chi connectivity index (χ1v) is 4.31. The molecule has 1 rings (SSSR count). The number of aromatic nitrogens is 1. The fourth-order valence-electron chi connectivity index (χ4n) is 0.842. The molecular formula is C10H14N2O. The first-order valence-electron chi connectivity index (χ1n) is 4.31. The van der Waals surface area contributed by atoms with Gasteiger partial charge >= 0.3 is 0 Å². The number of oxime groups is 1. The van der Waals surface area contributed by atoms with Crippen molar-refractivity contribution < 1.29 is 4.84 Å². The number of rotatable bonds is 3. The molecule has 0 aliphatic carbocycles. The van der Waals surface area contributed by atoms with Crippen LogP contribution in [0, 0.1) is 6.92 Å². The first kappa shape index (κ1) is 9.71. The quantitative estimate of drug-likeness (QED) is 0.525. The lowest BCUT2D eigenvalue weighted by Crippen LogP contribution is -1.97. The molecule has 0 radical (unpaired) electrons. The van der Waals surface area contributed by atoms with Gasteiger partial charge in [-0.1, -0.05) is 11.2 Å². The summed E-state index contributed by atoms with van der Waals surface area (Å²) in [6.45, 7) is 5.81. The van der Waals surface area contributed by atoms with Gasteiger partial charge in [0.15, 0.2) is 0 Å². The largest absolute Gasteiger partial charge is 0.393 e. The standard InChI is InChI=1S/C10H14N2O/c1-8(2)13-11-7-10-6-4-5-9(3)12-10/h4-8H,1-3H3/b11-7+. The summed E-state index contributed by atoms with van der Waals surface area (Å²) >= 11 is 0. The summed E-state index contributed by atoms with van der Waals surface area (Å²) in [6.07, 6.45) is 1.73. The molecule has 13 heavy (non-hydrogen) atoms. The third-order valence-electron chi connectivity index (χ3n) is 1.37. The van der Waals surface area contributed by atoms with Gasteiger partial charge in [-0.05, 0) is 32.9 Å². The number of hydrogen-bond donors (Lipinski definition) is 0. The highest BCUT2D eigenvalue weighted by atomic mass is 16.6. The second-order valence-corrected chi connectivity index (χ2v) is 3.09. The van der Waals surface area contributed by atoms with Gasteiger partial charge in [0, 0.05) is 5.69 Å². The van der Waals surface area contributed by atoms with Crippen molar-refractivity contribution in [2.24, 2.45) is 5.16 Å². The van der Waals surface area contributed by atoms with Gasteiger partial charge < -0.3 is 4.84 Å². The molecule has 0 amide bonds. The Labute approximate surface area is 78.4 Å². The summed E-state index contributed by atoms with van der Waals surface area (Å²) in [5.74, 6) is 0. The van der Waals surface area contributed by atoms with E-state index in [2.05, 4.69) is 10.1 Å². The molecule has 0 atom stereocenters. The lowest BCUT2D eigenvalue weighted by atomic mass is 10.3. The van der Waals surface area contributed by atoms with E-state index in [1.54, 1.807) is 6.21 Å². The predicted molar refractivity (Wildman–Crippen MR) is 52.8 cm³/mol. The number of pyridine rings is 1. The van der Waals surface area contributed by atoms with Crippen LogP contribution >= 0.6 is 0 Å². The highest BCUT2D eigenvalue weighted by molar-refractivity contribution is 5.76. The molecule has 0 unspecified atom stereocenters. The zero-order valence-corrected chi connectivity index (χ0v) is 8.19. The zero-order chi connectivity index (χ0) is 9.68. The molecule has 0 bridgehead atoms. The van der Waals surface area contributed by atoms with E-state index in [1.165, 1.54) is 0 Å². The summed E-state index contributed by atoms with van der Waals surface area (Å²) in [5.41, 5.74) is 1.80. The Hall–Kier alpha value is -1.38. The van der Waals surface area contributed by atoms with Crippen LogP contribution in [0.3, 0.4) is 0 Å². The van der Waals surface area contributed by atoms with Crippen LogP contribution in [0.5, 0.6) is 0 Å². The molecule has 0 spiro atoms. The molecular weight excluding hydrogens is 164 g/mol. The van der Waals surface area contributed by atoms with Crippen molar-refractivity contribution in [2.75, 3.05) is 0 Å². The third-order valence-corrected chi connectivity index (χ3v) is 1.37. The fourth-order valence-corrected chi connectivity index (χ4v) is 0.842. The number of aryl methyl sites for hydroxylation is 1. The van der Waals surface area contributed by atoms with Crippen LogP contribution in [0.4, 0.5) is 0 Å². The van der Waals surface area contributed by atoms with Crippen LogP contribution < -0.4 is 0 Å². The third kappa shape index (κ3) is 3.69. The normalized spacial score (nSPS) is 11.1. The van der Waals surface area contributed by atoms with E-state index in [-0.39, 0.29) is 6.10 Å². The van der Waals surface area contributed by atoms with Crippen LogP contribution in [0.15, 0.2) is 23.4 Å². The predicted octanol–water partition coefficient (Wildman–Crippen LogP) is 2.15. The topological polar surface area (TPSA) is 34.5 Å². The van der Waals surface area contributed by atoms with E-state index in [0.717, 1.165) is 11.4 Å². The lowest BCUT2D eigenvalue weighted by Gasteiger charge is -2.00. The highest BCUT2D eigenvalue weighted by Gasteiger charge is 1.91. The second-order valence-electron chi connectivity index (χ2n) is 3.09. The zero-order valence-electron chi connectivity index (χ0n) is 8.19. The summed E-state index contributed by atoms with van der Waals surface area (Å²) < 4.78 is 0. The molecule has 0 aromatic carbocycles. The minimum atomic E-state index is 0.112. The monoisotopic (exact) mass is 178 g/mol. The van der Waals surface area contributed by atoms with Crippen molar-refractivity contribution in [1.82, 2.24) is 4.98 Å². The minimum absolute atomic E-state index is 0.112. The van der Waals surface area contributed by atoms with Gasteiger partial charge in [-0.25, -0.2) is 0 Å². The van der Waals surface area contributed by atoms with Crippen molar-refractivity contribution in [1.29, 1.82) is 0 Å². The Morgan fingerprint density at radius 1 is 1.46 bits per heavy atom. The Kier molecular flexibility index (Phi) is 3.43. The first-order chi connectivity index (χ1) is 6.18. The van der Waals surface area contributed by atoms with Crippen LogP contribution in [0.2, 0.25) is 0 Å². The average Bonchev–Trinajstić information content (AvgIpc) is 2.03. The lowest BCUT2D eigenvalue weighted by molar-refractivity contribution is 0.0873. The van der Waals surface area contributed by atoms with Gasteiger partial charge in [0.2, 0.25) is 0 Å². The van der Waals surface area contributed by atoms with Crippen molar-refractivity contribution in [3.63, 3.8) is 0 Å². The molecule has 1 aromatic heterocycles. The van der Waals surface area contributed by atoms with E-state index >= 15 is 0 Å². The van der Waals surface area contributed by atoms with E-state index < -0.39 is 0 Å². The van der Waals surface area contributed by atoms with Gasteiger partial charge in [-0.15, -0.1) is 0 Å². The molecule has 0 saturated carbocycles. The van der Waals surface area contributed by atoms with Gasteiger partial charge in [-0.2, -0.15) is 0 Å². The molecule has 1 aromatic rings. The Morgan fingerprint density at radius 3 is 2.85 bits per heavy atom. The van der Waals surface area contributed by atoms with E-state index in [0.29, 0.717) is 0 Å². The van der Waals surface area contributed by atoms with Gasteiger partial charge in [0.05, 0.1) is 11.9 Å². The molecule has 0 fully saturated rings. The molecule has 0 aliphatic rings. The maximum absolute atomic E-state index is 5.02. The molecule has 0 aliphatic heterocycles. The molecule has 70 valence electrons. The molecule has 3 heteroatoms. The van der Waals surface area contributed by atoms with Crippen molar-refractivity contribution in [2.45, 2.75) is 26.9 Å². The van der Waals surface area contributed by atoms with E-state index in [1.807, 2.05) is 39.0 Å². The van der Waals surface area contributed by atoms with E-state index in [4.69, 9.17) is 4.84 Å². The summed E-state index contributed by atoms with van der Waals surface area (Å²) in [6, 6.07) is 5.78. The Balaban J connectivity index is 2.58. The maximum atomic E-state index is 5.02. The van der Waals surface area contributed by atoms with Crippen molar-refractivity contribution in [3.05, 3.63) is 29.6 Å². The molecule has 0 saturated heterocycles. The van der Waals surface area contributed by atoms with Crippen LogP contribution in [-0.2, 0) is 4.84 Å². The second kappa shape index (κ2) is 4.60. The minimum Gasteiger partial charge on any atom is -0.393 e. The molecule has 3 nitrogen and oxygen atoms in total. The van der Waals surface area contributed by atoms with E-state index in [9.17, 15) is 0 Å². The van der Waals surface area contributed by atoms with Crippen LogP contribution in [0.25, 0.3) is 0 Å². The number of nitrogens with zero attached hydrogens (tertiary/aromatic N) is 2. The fraction of sp³-hybridized carbons (Fsp3) is 0.400. The number of hydrogen-bond acceptors (Lipinski definition) is 3. The summed E-state index contributed by atoms with van der Waals surface area (Å²) in [4.78, 5) is 9.26. The SMILES string of the molecule is Cc1cccc(/C=N/OC(C)C)n1. The molecule has 0 N–H and O–H groups in total. The smallest absolute Gasteiger partial charge is 0.122 e. The Morgan fingerprint density at radius 2 is 2.23 bits per heavy atom. The maximum Gasteiger partial charge on any atom is 0.122 e. The summed E-state index contributed by atoms with van der Waals surface area (Å²) in [5, 5.41) is 3.79. The van der Waals surface area contributed by atoms with Crippen LogP contribution in [-0.4, -0.2) is 17.3 Å². The highest BCUT2D eigenvalue weighted by Crippen LogP contribution is 1.95. The van der Waals surface area contributed by atoms with Gasteiger partial charge in [-0.3, -0.25) is 4.98 Å².